The Morgan fingerprint density at radius 2 is 1.97 bits per heavy atom. The van der Waals surface area contributed by atoms with E-state index in [1.165, 1.54) is 17.8 Å². The smallest absolute Gasteiger partial charge is 0.338 e. The van der Waals surface area contributed by atoms with E-state index in [1.54, 1.807) is 50.8 Å². The van der Waals surface area contributed by atoms with E-state index < -0.39 is 23.4 Å². The first-order chi connectivity index (χ1) is 17.1. The largest absolute Gasteiger partial charge is 0.456 e. The van der Waals surface area contributed by atoms with Gasteiger partial charge in [-0.3, -0.25) is 9.69 Å². The number of morpholine rings is 1. The number of halogens is 1. The molecule has 194 valence electrons. The number of hydrogen-bond acceptors (Lipinski definition) is 8. The predicted octanol–water partition coefficient (Wildman–Crippen LogP) is 3.58. The first-order valence-electron chi connectivity index (χ1n) is 12.1. The highest BCUT2D eigenvalue weighted by Crippen LogP contribution is 2.45. The Kier molecular flexibility index (Phi) is 8.17. The molecule has 1 amide bonds. The van der Waals surface area contributed by atoms with Gasteiger partial charge in [-0.15, -0.1) is 0 Å². The van der Waals surface area contributed by atoms with Crippen LogP contribution in [0.3, 0.4) is 0 Å². The Balaban J connectivity index is 1.55. The Hall–Kier alpha value is -2.69. The minimum absolute atomic E-state index is 0.0841. The van der Waals surface area contributed by atoms with Gasteiger partial charge in [0.1, 0.15) is 11.4 Å². The minimum atomic E-state index is -0.795. The molecule has 0 aromatic heterocycles. The fourth-order valence-electron chi connectivity index (χ4n) is 4.36. The highest BCUT2D eigenvalue weighted by Gasteiger charge is 2.42. The maximum absolute atomic E-state index is 15.1. The van der Waals surface area contributed by atoms with E-state index in [-0.39, 0.29) is 17.9 Å². The number of nitrogens with one attached hydrogen (secondary N) is 1. The van der Waals surface area contributed by atoms with Gasteiger partial charge in [0.25, 0.3) is 0 Å². The van der Waals surface area contributed by atoms with Gasteiger partial charge in [0.05, 0.1) is 36.9 Å². The maximum Gasteiger partial charge on any atom is 0.338 e. The average molecular weight is 517 g/mol. The lowest BCUT2D eigenvalue weighted by atomic mass is 9.93. The fraction of sp³-hybridized carbons (Fsp3) is 0.500. The van der Waals surface area contributed by atoms with Crippen LogP contribution in [0.4, 0.5) is 4.39 Å². The van der Waals surface area contributed by atoms with Crippen molar-refractivity contribution in [2.75, 3.05) is 39.4 Å². The van der Waals surface area contributed by atoms with Crippen molar-refractivity contribution >= 4 is 28.8 Å². The van der Waals surface area contributed by atoms with Crippen molar-refractivity contribution in [2.24, 2.45) is 4.99 Å². The molecular weight excluding hydrogens is 483 g/mol. The summed E-state index contributed by atoms with van der Waals surface area (Å²) in [5.74, 6) is -1.14. The van der Waals surface area contributed by atoms with Crippen molar-refractivity contribution in [3.63, 3.8) is 0 Å². The van der Waals surface area contributed by atoms with Crippen molar-refractivity contribution in [1.82, 2.24) is 15.1 Å². The second-order valence-electron chi connectivity index (χ2n) is 9.90. The molecule has 8 nitrogen and oxygen atoms in total. The van der Waals surface area contributed by atoms with Gasteiger partial charge in [-0.25, -0.2) is 14.2 Å². The summed E-state index contributed by atoms with van der Waals surface area (Å²) in [4.78, 5) is 34.8. The summed E-state index contributed by atoms with van der Waals surface area (Å²) in [7, 11) is 0. The summed E-state index contributed by atoms with van der Waals surface area (Å²) in [6.45, 7) is 11.5. The van der Waals surface area contributed by atoms with Gasteiger partial charge >= 0.3 is 5.97 Å². The van der Waals surface area contributed by atoms with Crippen molar-refractivity contribution in [3.8, 4) is 0 Å². The van der Waals surface area contributed by atoms with Gasteiger partial charge in [0.2, 0.25) is 5.91 Å². The second kappa shape index (κ2) is 11.1. The number of carbonyl (C=O) groups excluding carboxylic acids is 2. The molecule has 1 aromatic rings. The Morgan fingerprint density at radius 1 is 1.25 bits per heavy atom. The monoisotopic (exact) mass is 516 g/mol. The zero-order valence-electron chi connectivity index (χ0n) is 21.2. The number of carbonyl (C=O) groups is 2. The SMILES string of the molecule is CC1=C(C(=O)OC(C)(C)C)C(c2ccccc2F)N2C(CC(=O)NCCN3CCOCC3)=CSC2=N1. The number of esters is 1. The van der Waals surface area contributed by atoms with Gasteiger partial charge in [-0.05, 0) is 39.2 Å². The Bertz CT molecular complexity index is 1110. The molecule has 10 heteroatoms. The third kappa shape index (κ3) is 6.16. The lowest BCUT2D eigenvalue weighted by molar-refractivity contribution is -0.150. The molecule has 1 aromatic carbocycles. The standard InChI is InChI=1S/C26H33FN4O4S/c1-17-22(24(33)35-26(2,3)4)23(19-7-5-6-8-20(19)27)31-18(16-36-25(31)29-17)15-21(32)28-9-10-30-11-13-34-14-12-30/h5-8,16,23H,9-15H2,1-4H3,(H,28,32). The molecule has 0 spiro atoms. The summed E-state index contributed by atoms with van der Waals surface area (Å²) < 4.78 is 26.1. The van der Waals surface area contributed by atoms with Crippen LogP contribution < -0.4 is 5.32 Å². The molecule has 3 aliphatic heterocycles. The number of allylic oxidation sites excluding steroid dienone is 1. The molecule has 0 bridgehead atoms. The summed E-state index contributed by atoms with van der Waals surface area (Å²) >= 11 is 1.36. The number of aliphatic imine (C=N–C) groups is 1. The van der Waals surface area contributed by atoms with Crippen LogP contribution in [0, 0.1) is 5.82 Å². The number of ether oxygens (including phenoxy) is 2. The highest BCUT2D eigenvalue weighted by molar-refractivity contribution is 8.16. The number of amidine groups is 1. The van der Waals surface area contributed by atoms with Crippen LogP contribution in [0.15, 0.2) is 51.6 Å². The summed E-state index contributed by atoms with van der Waals surface area (Å²) in [6, 6.07) is 5.57. The molecule has 0 radical (unpaired) electrons. The molecule has 1 unspecified atom stereocenters. The molecular formula is C26H33FN4O4S. The van der Waals surface area contributed by atoms with Crippen molar-refractivity contribution < 1.29 is 23.5 Å². The van der Waals surface area contributed by atoms with Crippen LogP contribution in [0.5, 0.6) is 0 Å². The zero-order chi connectivity index (χ0) is 25.9. The van der Waals surface area contributed by atoms with Gasteiger partial charge in [0.15, 0.2) is 5.17 Å². The van der Waals surface area contributed by atoms with Crippen LogP contribution >= 0.6 is 11.8 Å². The third-order valence-electron chi connectivity index (χ3n) is 6.01. The quantitative estimate of drug-likeness (QED) is 0.555. The van der Waals surface area contributed by atoms with Crippen LogP contribution in [-0.2, 0) is 19.1 Å². The number of hydrogen-bond donors (Lipinski definition) is 1. The minimum Gasteiger partial charge on any atom is -0.456 e. The van der Waals surface area contributed by atoms with Crippen molar-refractivity contribution in [2.45, 2.75) is 45.8 Å². The molecule has 1 atom stereocenters. The van der Waals surface area contributed by atoms with E-state index in [0.717, 1.165) is 19.6 Å². The number of rotatable bonds is 7. The average Bonchev–Trinajstić information content (AvgIpc) is 3.20. The number of amides is 1. The van der Waals surface area contributed by atoms with E-state index in [9.17, 15) is 9.59 Å². The number of thioether (sulfide) groups is 1. The molecule has 0 saturated carbocycles. The highest BCUT2D eigenvalue weighted by atomic mass is 32.2. The van der Waals surface area contributed by atoms with E-state index >= 15 is 4.39 Å². The summed E-state index contributed by atoms with van der Waals surface area (Å²) in [6.07, 6.45) is 0.0841. The Labute approximate surface area is 215 Å². The zero-order valence-corrected chi connectivity index (χ0v) is 22.0. The van der Waals surface area contributed by atoms with Crippen LogP contribution in [0.1, 0.15) is 45.7 Å². The first kappa shape index (κ1) is 26.4. The number of nitrogens with zero attached hydrogens (tertiary/aromatic N) is 3. The number of fused-ring (bicyclic) bond motifs is 1. The van der Waals surface area contributed by atoms with E-state index in [4.69, 9.17) is 9.47 Å². The van der Waals surface area contributed by atoms with Gasteiger partial charge < -0.3 is 19.7 Å². The lowest BCUT2D eigenvalue weighted by Gasteiger charge is -2.37. The molecule has 3 aliphatic rings. The maximum atomic E-state index is 15.1. The predicted molar refractivity (Wildman–Crippen MR) is 138 cm³/mol. The molecule has 1 saturated heterocycles. The third-order valence-corrected chi connectivity index (χ3v) is 6.90. The lowest BCUT2D eigenvalue weighted by Crippen LogP contribution is -2.42. The van der Waals surface area contributed by atoms with E-state index in [2.05, 4.69) is 15.2 Å². The van der Waals surface area contributed by atoms with Gasteiger partial charge in [-0.1, -0.05) is 30.0 Å². The molecule has 1 N–H and O–H groups in total. The van der Waals surface area contributed by atoms with Crippen molar-refractivity contribution in [1.29, 1.82) is 0 Å². The van der Waals surface area contributed by atoms with E-state index in [0.29, 0.717) is 41.9 Å². The summed E-state index contributed by atoms with van der Waals surface area (Å²) in [5, 5.41) is 5.42. The topological polar surface area (TPSA) is 83.5 Å². The molecule has 1 fully saturated rings. The normalized spacial score (nSPS) is 20.6. The molecule has 3 heterocycles. The second-order valence-corrected chi connectivity index (χ2v) is 10.7. The fourth-order valence-corrected chi connectivity index (χ4v) is 5.32. The Morgan fingerprint density at radius 3 is 2.67 bits per heavy atom. The molecule has 0 aliphatic carbocycles. The summed E-state index contributed by atoms with van der Waals surface area (Å²) in [5.41, 5.74) is 0.990. The molecule has 36 heavy (non-hydrogen) atoms. The molecule has 4 rings (SSSR count). The van der Waals surface area contributed by atoms with Crippen molar-refractivity contribution in [3.05, 3.63) is 58.0 Å². The van der Waals surface area contributed by atoms with Gasteiger partial charge in [-0.2, -0.15) is 0 Å². The van der Waals surface area contributed by atoms with Crippen LogP contribution in [0.2, 0.25) is 0 Å². The van der Waals surface area contributed by atoms with E-state index in [1.807, 2.05) is 5.41 Å². The number of benzene rings is 1. The van der Waals surface area contributed by atoms with Crippen LogP contribution in [0.25, 0.3) is 0 Å². The van der Waals surface area contributed by atoms with Crippen LogP contribution in [-0.4, -0.2) is 71.8 Å². The first-order valence-corrected chi connectivity index (χ1v) is 13.0. The van der Waals surface area contributed by atoms with Gasteiger partial charge in [0, 0.05) is 37.4 Å².